The van der Waals surface area contributed by atoms with E-state index in [1.165, 1.54) is 6.07 Å². The Kier molecular flexibility index (Phi) is 2.56. The van der Waals surface area contributed by atoms with Crippen LogP contribution in [0, 0.1) is 5.82 Å². The predicted octanol–water partition coefficient (Wildman–Crippen LogP) is 2.79. The summed E-state index contributed by atoms with van der Waals surface area (Å²) in [6.07, 6.45) is 4.86. The molecule has 0 amide bonds. The van der Waals surface area contributed by atoms with Gasteiger partial charge >= 0.3 is 0 Å². The first kappa shape index (κ1) is 10.1. The van der Waals surface area contributed by atoms with Gasteiger partial charge in [-0.1, -0.05) is 0 Å². The fourth-order valence-electron chi connectivity index (χ4n) is 2.21. The zero-order valence-electron chi connectivity index (χ0n) is 9.21. The van der Waals surface area contributed by atoms with E-state index >= 15 is 0 Å². The molecule has 1 atom stereocenters. The van der Waals surface area contributed by atoms with Crippen LogP contribution >= 0.6 is 0 Å². The van der Waals surface area contributed by atoms with Crippen LogP contribution < -0.4 is 10.1 Å². The SMILES string of the molecule is Fc1ccc(OC2CC2)c(C2CCCN2)c1. The Morgan fingerprint density at radius 1 is 1.25 bits per heavy atom. The van der Waals surface area contributed by atoms with E-state index in [1.807, 2.05) is 0 Å². The summed E-state index contributed by atoms with van der Waals surface area (Å²) in [5.74, 6) is 0.690. The fourth-order valence-corrected chi connectivity index (χ4v) is 2.21. The maximum absolute atomic E-state index is 13.3. The van der Waals surface area contributed by atoms with E-state index in [0.29, 0.717) is 6.10 Å². The van der Waals surface area contributed by atoms with Crippen LogP contribution in [0.4, 0.5) is 4.39 Å². The fraction of sp³-hybridized carbons (Fsp3) is 0.538. The molecule has 2 fully saturated rings. The van der Waals surface area contributed by atoms with Gasteiger partial charge in [-0.15, -0.1) is 0 Å². The van der Waals surface area contributed by atoms with Gasteiger partial charge in [0.05, 0.1) is 6.10 Å². The number of hydrogen-bond donors (Lipinski definition) is 1. The monoisotopic (exact) mass is 221 g/mol. The van der Waals surface area contributed by atoms with E-state index in [1.54, 1.807) is 12.1 Å². The van der Waals surface area contributed by atoms with Crippen LogP contribution in [0.2, 0.25) is 0 Å². The topological polar surface area (TPSA) is 21.3 Å². The molecule has 1 heterocycles. The van der Waals surface area contributed by atoms with Gasteiger partial charge in [-0.3, -0.25) is 0 Å². The van der Waals surface area contributed by atoms with Gasteiger partial charge in [0.15, 0.2) is 0 Å². The number of hydrogen-bond acceptors (Lipinski definition) is 2. The molecule has 0 spiro atoms. The molecule has 2 nitrogen and oxygen atoms in total. The minimum absolute atomic E-state index is 0.174. The van der Waals surface area contributed by atoms with E-state index in [0.717, 1.165) is 43.5 Å². The third-order valence-corrected chi connectivity index (χ3v) is 3.23. The molecular formula is C13H16FNO. The summed E-state index contributed by atoms with van der Waals surface area (Å²) in [5.41, 5.74) is 0.990. The molecule has 0 aromatic heterocycles. The van der Waals surface area contributed by atoms with Crippen LogP contribution in [0.5, 0.6) is 5.75 Å². The Bertz CT molecular complexity index is 384. The summed E-state index contributed by atoms with van der Waals surface area (Å²) in [7, 11) is 0. The van der Waals surface area contributed by atoms with Crippen LogP contribution in [-0.4, -0.2) is 12.6 Å². The molecule has 2 aliphatic rings. The van der Waals surface area contributed by atoms with Gasteiger partial charge in [-0.2, -0.15) is 0 Å². The maximum atomic E-state index is 13.3. The standard InChI is InChI=1S/C13H16FNO/c14-9-3-6-13(16-10-4-5-10)11(8-9)12-2-1-7-15-12/h3,6,8,10,12,15H,1-2,4-5,7H2. The number of halogens is 1. The third-order valence-electron chi connectivity index (χ3n) is 3.23. The lowest BCUT2D eigenvalue weighted by Gasteiger charge is -2.16. The predicted molar refractivity (Wildman–Crippen MR) is 60.0 cm³/mol. The first-order valence-electron chi connectivity index (χ1n) is 6.02. The highest BCUT2D eigenvalue weighted by atomic mass is 19.1. The van der Waals surface area contributed by atoms with Gasteiger partial charge in [-0.25, -0.2) is 4.39 Å². The highest BCUT2D eigenvalue weighted by molar-refractivity contribution is 5.37. The molecule has 0 bridgehead atoms. The van der Waals surface area contributed by atoms with Gasteiger partial charge < -0.3 is 10.1 Å². The molecule has 1 unspecified atom stereocenters. The minimum Gasteiger partial charge on any atom is -0.490 e. The Balaban J connectivity index is 1.88. The van der Waals surface area contributed by atoms with Crippen molar-refractivity contribution in [3.63, 3.8) is 0 Å². The molecule has 1 aliphatic carbocycles. The quantitative estimate of drug-likeness (QED) is 0.847. The van der Waals surface area contributed by atoms with Crippen LogP contribution in [0.3, 0.4) is 0 Å². The van der Waals surface area contributed by atoms with Gasteiger partial charge in [0, 0.05) is 11.6 Å². The molecule has 16 heavy (non-hydrogen) atoms. The van der Waals surface area contributed by atoms with Gasteiger partial charge in [-0.05, 0) is 50.4 Å². The molecule has 3 heteroatoms. The van der Waals surface area contributed by atoms with Crippen LogP contribution in [-0.2, 0) is 0 Å². The molecule has 1 N–H and O–H groups in total. The Morgan fingerprint density at radius 3 is 2.81 bits per heavy atom. The summed E-state index contributed by atoms with van der Waals surface area (Å²) >= 11 is 0. The summed E-state index contributed by atoms with van der Waals surface area (Å²) in [4.78, 5) is 0. The van der Waals surface area contributed by atoms with E-state index in [4.69, 9.17) is 4.74 Å². The number of ether oxygens (including phenoxy) is 1. The zero-order valence-corrected chi connectivity index (χ0v) is 9.21. The molecule has 1 aromatic carbocycles. The van der Waals surface area contributed by atoms with Gasteiger partial charge in [0.2, 0.25) is 0 Å². The molecule has 1 aliphatic heterocycles. The van der Waals surface area contributed by atoms with Crippen molar-refractivity contribution in [2.45, 2.75) is 37.8 Å². The second kappa shape index (κ2) is 4.06. The van der Waals surface area contributed by atoms with E-state index in [2.05, 4.69) is 5.32 Å². The third kappa shape index (κ3) is 2.05. The second-order valence-electron chi connectivity index (χ2n) is 4.65. The molecule has 1 aromatic rings. The van der Waals surface area contributed by atoms with Crippen molar-refractivity contribution < 1.29 is 9.13 Å². The Hall–Kier alpha value is -1.09. The van der Waals surface area contributed by atoms with Crippen molar-refractivity contribution >= 4 is 0 Å². The van der Waals surface area contributed by atoms with Crippen LogP contribution in [0.1, 0.15) is 37.3 Å². The average Bonchev–Trinajstić information content (AvgIpc) is 2.93. The number of rotatable bonds is 3. The summed E-state index contributed by atoms with van der Waals surface area (Å²) < 4.78 is 19.1. The number of nitrogens with one attached hydrogen (secondary N) is 1. The average molecular weight is 221 g/mol. The molecular weight excluding hydrogens is 205 g/mol. The van der Waals surface area contributed by atoms with Gasteiger partial charge in [0.25, 0.3) is 0 Å². The van der Waals surface area contributed by atoms with Crippen molar-refractivity contribution in [1.29, 1.82) is 0 Å². The van der Waals surface area contributed by atoms with Crippen molar-refractivity contribution in [3.8, 4) is 5.75 Å². The molecule has 86 valence electrons. The van der Waals surface area contributed by atoms with Crippen LogP contribution in [0.15, 0.2) is 18.2 Å². The highest BCUT2D eigenvalue weighted by Gasteiger charge is 2.27. The molecule has 0 radical (unpaired) electrons. The smallest absolute Gasteiger partial charge is 0.124 e. The zero-order chi connectivity index (χ0) is 11.0. The van der Waals surface area contributed by atoms with E-state index < -0.39 is 0 Å². The van der Waals surface area contributed by atoms with E-state index in [-0.39, 0.29) is 11.9 Å². The summed E-state index contributed by atoms with van der Waals surface area (Å²) in [6, 6.07) is 5.13. The largest absolute Gasteiger partial charge is 0.490 e. The highest BCUT2D eigenvalue weighted by Crippen LogP contribution is 2.35. The lowest BCUT2D eigenvalue weighted by Crippen LogP contribution is -2.14. The first-order chi connectivity index (χ1) is 7.83. The van der Waals surface area contributed by atoms with Crippen LogP contribution in [0.25, 0.3) is 0 Å². The Morgan fingerprint density at radius 2 is 2.12 bits per heavy atom. The lowest BCUT2D eigenvalue weighted by atomic mass is 10.0. The minimum atomic E-state index is -0.174. The maximum Gasteiger partial charge on any atom is 0.124 e. The number of benzene rings is 1. The van der Waals surface area contributed by atoms with Crippen molar-refractivity contribution in [3.05, 3.63) is 29.6 Å². The van der Waals surface area contributed by atoms with Crippen molar-refractivity contribution in [1.82, 2.24) is 5.32 Å². The van der Waals surface area contributed by atoms with Gasteiger partial charge in [0.1, 0.15) is 11.6 Å². The van der Waals surface area contributed by atoms with Crippen molar-refractivity contribution in [2.75, 3.05) is 6.54 Å². The molecule has 1 saturated carbocycles. The Labute approximate surface area is 94.8 Å². The summed E-state index contributed by atoms with van der Waals surface area (Å²) in [6.45, 7) is 1.02. The molecule has 3 rings (SSSR count). The van der Waals surface area contributed by atoms with E-state index in [9.17, 15) is 4.39 Å². The molecule has 1 saturated heterocycles. The summed E-state index contributed by atoms with van der Waals surface area (Å²) in [5, 5.41) is 3.39. The lowest BCUT2D eigenvalue weighted by molar-refractivity contribution is 0.296. The second-order valence-corrected chi connectivity index (χ2v) is 4.65. The first-order valence-corrected chi connectivity index (χ1v) is 6.02. The van der Waals surface area contributed by atoms with Crippen molar-refractivity contribution in [2.24, 2.45) is 0 Å². The normalized spacial score (nSPS) is 24.7.